The molecule has 0 spiro atoms. The van der Waals surface area contributed by atoms with Crippen molar-refractivity contribution >= 4 is 5.78 Å². The van der Waals surface area contributed by atoms with Crippen molar-refractivity contribution in [3.05, 3.63) is 65.5 Å². The van der Waals surface area contributed by atoms with Gasteiger partial charge in [0.15, 0.2) is 11.6 Å². The van der Waals surface area contributed by atoms with E-state index < -0.39 is 0 Å². The van der Waals surface area contributed by atoms with Crippen LogP contribution in [-0.4, -0.2) is 26.0 Å². The Hall–Kier alpha value is -3.02. The number of carbonyl (C=O) groups excluding carboxylic acids is 1. The normalized spacial score (nSPS) is 13.6. The number of ketones is 1. The van der Waals surface area contributed by atoms with Crippen molar-refractivity contribution in [2.45, 2.75) is 25.9 Å². The minimum Gasteiger partial charge on any atom is -0.485 e. The summed E-state index contributed by atoms with van der Waals surface area (Å²) in [6.45, 7) is 0.243. The minimum atomic E-state index is 0.191. The number of aromatic nitrogens is 4. The third kappa shape index (κ3) is 2.67. The Balaban J connectivity index is 1.58. The second kappa shape index (κ2) is 6.23. The second-order valence-corrected chi connectivity index (χ2v) is 5.69. The molecule has 0 saturated heterocycles. The van der Waals surface area contributed by atoms with Gasteiger partial charge in [-0.1, -0.05) is 30.3 Å². The Kier molecular flexibility index (Phi) is 3.78. The van der Waals surface area contributed by atoms with Gasteiger partial charge in [-0.15, -0.1) is 5.10 Å². The maximum absolute atomic E-state index is 12.0. The van der Waals surface area contributed by atoms with E-state index >= 15 is 0 Å². The van der Waals surface area contributed by atoms with E-state index in [1.165, 1.54) is 0 Å². The van der Waals surface area contributed by atoms with Crippen molar-refractivity contribution in [3.63, 3.8) is 0 Å². The SMILES string of the molecule is O=C1CCCc2c(OCc3nnnn3-c3ccccc3)cccc21. The molecule has 6 heteroatoms. The number of ether oxygens (including phenoxy) is 1. The van der Waals surface area contributed by atoms with E-state index in [0.717, 1.165) is 35.4 Å². The highest BCUT2D eigenvalue weighted by atomic mass is 16.5. The molecule has 6 nitrogen and oxygen atoms in total. The molecule has 0 fully saturated rings. The first-order valence-corrected chi connectivity index (χ1v) is 7.93. The summed E-state index contributed by atoms with van der Waals surface area (Å²) in [5, 5.41) is 11.8. The van der Waals surface area contributed by atoms with Crippen LogP contribution in [0, 0.1) is 0 Å². The summed E-state index contributed by atoms with van der Waals surface area (Å²) < 4.78 is 7.60. The largest absolute Gasteiger partial charge is 0.485 e. The molecule has 4 rings (SSSR count). The average molecular weight is 320 g/mol. The van der Waals surface area contributed by atoms with E-state index in [1.54, 1.807) is 4.68 Å². The number of rotatable bonds is 4. The van der Waals surface area contributed by atoms with Gasteiger partial charge in [0.05, 0.1) is 5.69 Å². The molecule has 0 atom stereocenters. The lowest BCUT2D eigenvalue weighted by Crippen LogP contribution is -2.13. The number of para-hydroxylation sites is 1. The molecular formula is C18H16N4O2. The number of fused-ring (bicyclic) bond motifs is 1. The van der Waals surface area contributed by atoms with Crippen LogP contribution < -0.4 is 4.74 Å². The van der Waals surface area contributed by atoms with Crippen molar-refractivity contribution < 1.29 is 9.53 Å². The van der Waals surface area contributed by atoms with Crippen LogP contribution in [0.2, 0.25) is 0 Å². The first-order chi connectivity index (χ1) is 11.8. The Morgan fingerprint density at radius 3 is 2.79 bits per heavy atom. The number of hydrogen-bond acceptors (Lipinski definition) is 5. The van der Waals surface area contributed by atoms with E-state index in [-0.39, 0.29) is 12.4 Å². The predicted molar refractivity (Wildman–Crippen MR) is 87.2 cm³/mol. The Morgan fingerprint density at radius 1 is 1.04 bits per heavy atom. The quantitative estimate of drug-likeness (QED) is 0.739. The lowest BCUT2D eigenvalue weighted by Gasteiger charge is -2.18. The topological polar surface area (TPSA) is 69.9 Å². The molecule has 3 aromatic rings. The van der Waals surface area contributed by atoms with Crippen LogP contribution in [0.4, 0.5) is 0 Å². The molecule has 0 bridgehead atoms. The Morgan fingerprint density at radius 2 is 1.92 bits per heavy atom. The van der Waals surface area contributed by atoms with Crippen LogP contribution in [0.15, 0.2) is 48.5 Å². The first kappa shape index (κ1) is 14.6. The zero-order valence-electron chi connectivity index (χ0n) is 13.1. The fraction of sp³-hybridized carbons (Fsp3) is 0.222. The maximum Gasteiger partial charge on any atom is 0.194 e. The Bertz CT molecular complexity index is 874. The van der Waals surface area contributed by atoms with Crippen molar-refractivity contribution in [3.8, 4) is 11.4 Å². The monoisotopic (exact) mass is 320 g/mol. The summed E-state index contributed by atoms with van der Waals surface area (Å²) in [6, 6.07) is 15.3. The predicted octanol–water partition coefficient (Wildman–Crippen LogP) is 2.76. The van der Waals surface area contributed by atoms with E-state index in [2.05, 4.69) is 15.5 Å². The molecule has 120 valence electrons. The van der Waals surface area contributed by atoms with Gasteiger partial charge in [0.1, 0.15) is 12.4 Å². The summed E-state index contributed by atoms with van der Waals surface area (Å²) in [7, 11) is 0. The highest BCUT2D eigenvalue weighted by molar-refractivity contribution is 5.99. The van der Waals surface area contributed by atoms with Crippen LogP contribution >= 0.6 is 0 Å². The molecular weight excluding hydrogens is 304 g/mol. The molecule has 2 aromatic carbocycles. The summed E-state index contributed by atoms with van der Waals surface area (Å²) in [5.41, 5.74) is 2.65. The van der Waals surface area contributed by atoms with Crippen molar-refractivity contribution in [1.82, 2.24) is 20.2 Å². The molecule has 0 amide bonds. The number of hydrogen-bond donors (Lipinski definition) is 0. The molecule has 24 heavy (non-hydrogen) atoms. The maximum atomic E-state index is 12.0. The zero-order chi connectivity index (χ0) is 16.4. The molecule has 0 radical (unpaired) electrons. The molecule has 1 aromatic heterocycles. The Labute approximate surface area is 139 Å². The molecule has 0 saturated carbocycles. The third-order valence-electron chi connectivity index (χ3n) is 4.16. The highest BCUT2D eigenvalue weighted by Crippen LogP contribution is 2.30. The number of carbonyl (C=O) groups is 1. The van der Waals surface area contributed by atoms with Gasteiger partial charge < -0.3 is 4.74 Å². The number of nitrogens with zero attached hydrogens (tertiary/aromatic N) is 4. The van der Waals surface area contributed by atoms with Gasteiger partial charge in [-0.25, -0.2) is 0 Å². The van der Waals surface area contributed by atoms with Gasteiger partial charge in [0.2, 0.25) is 0 Å². The van der Waals surface area contributed by atoms with Crippen molar-refractivity contribution in [1.29, 1.82) is 0 Å². The van der Waals surface area contributed by atoms with Gasteiger partial charge in [-0.05, 0) is 41.5 Å². The molecule has 0 aliphatic heterocycles. The summed E-state index contributed by atoms with van der Waals surface area (Å²) in [6.07, 6.45) is 2.34. The molecule has 1 heterocycles. The smallest absolute Gasteiger partial charge is 0.194 e. The minimum absolute atomic E-state index is 0.191. The number of benzene rings is 2. The summed E-state index contributed by atoms with van der Waals surface area (Å²) in [5.74, 6) is 1.54. The van der Waals surface area contributed by atoms with Crippen LogP contribution in [0.25, 0.3) is 5.69 Å². The molecule has 1 aliphatic carbocycles. The van der Waals surface area contributed by atoms with Crippen molar-refractivity contribution in [2.75, 3.05) is 0 Å². The van der Waals surface area contributed by atoms with E-state index in [4.69, 9.17) is 4.74 Å². The molecule has 1 aliphatic rings. The van der Waals surface area contributed by atoms with Gasteiger partial charge in [0.25, 0.3) is 0 Å². The average Bonchev–Trinajstić information content (AvgIpc) is 3.10. The van der Waals surface area contributed by atoms with Crippen LogP contribution in [-0.2, 0) is 13.0 Å². The van der Waals surface area contributed by atoms with E-state index in [9.17, 15) is 4.79 Å². The van der Waals surface area contributed by atoms with Crippen LogP contribution in [0.3, 0.4) is 0 Å². The van der Waals surface area contributed by atoms with Gasteiger partial charge in [-0.3, -0.25) is 4.79 Å². The first-order valence-electron chi connectivity index (χ1n) is 7.93. The van der Waals surface area contributed by atoms with Gasteiger partial charge >= 0.3 is 0 Å². The van der Waals surface area contributed by atoms with Crippen LogP contribution in [0.5, 0.6) is 5.75 Å². The van der Waals surface area contributed by atoms with Crippen molar-refractivity contribution in [2.24, 2.45) is 0 Å². The summed E-state index contributed by atoms with van der Waals surface area (Å²) >= 11 is 0. The number of Topliss-reactive ketones (excluding diaryl/α,β-unsaturated/α-hetero) is 1. The molecule has 0 N–H and O–H groups in total. The van der Waals surface area contributed by atoms with E-state index in [0.29, 0.717) is 12.2 Å². The summed E-state index contributed by atoms with van der Waals surface area (Å²) in [4.78, 5) is 12.0. The highest BCUT2D eigenvalue weighted by Gasteiger charge is 2.20. The second-order valence-electron chi connectivity index (χ2n) is 5.69. The van der Waals surface area contributed by atoms with Gasteiger partial charge in [-0.2, -0.15) is 4.68 Å². The fourth-order valence-corrected chi connectivity index (χ4v) is 2.99. The molecule has 0 unspecified atom stereocenters. The standard InChI is InChI=1S/C18H16N4O2/c23-16-10-4-9-15-14(16)8-5-11-17(15)24-12-18-19-20-21-22(18)13-6-2-1-3-7-13/h1-3,5-8,11H,4,9-10,12H2. The van der Waals surface area contributed by atoms with Gasteiger partial charge in [0, 0.05) is 17.5 Å². The lowest BCUT2D eigenvalue weighted by molar-refractivity contribution is 0.0971. The van der Waals surface area contributed by atoms with Crippen LogP contribution in [0.1, 0.15) is 34.6 Å². The zero-order valence-corrected chi connectivity index (χ0v) is 13.1. The fourth-order valence-electron chi connectivity index (χ4n) is 2.99. The number of tetrazole rings is 1. The van der Waals surface area contributed by atoms with E-state index in [1.807, 2.05) is 48.5 Å². The third-order valence-corrected chi connectivity index (χ3v) is 4.16. The lowest BCUT2D eigenvalue weighted by atomic mass is 9.90.